The summed E-state index contributed by atoms with van der Waals surface area (Å²) in [6.45, 7) is 0. The van der Waals surface area contributed by atoms with Gasteiger partial charge >= 0.3 is 0 Å². The standard InChI is InChI=1S/C11H9ClN2/c12-8-10-6-7-13-11(14-10)9-4-2-1-3-5-9/h1-7H,8H2. The molecule has 0 aliphatic heterocycles. The summed E-state index contributed by atoms with van der Waals surface area (Å²) < 4.78 is 0. The molecule has 70 valence electrons. The van der Waals surface area contributed by atoms with E-state index >= 15 is 0 Å². The lowest BCUT2D eigenvalue weighted by molar-refractivity contribution is 1.09. The first kappa shape index (κ1) is 9.16. The maximum Gasteiger partial charge on any atom is 0.159 e. The molecule has 2 aromatic rings. The molecule has 1 aromatic heterocycles. The summed E-state index contributed by atoms with van der Waals surface area (Å²) in [5, 5.41) is 0. The van der Waals surface area contributed by atoms with Crippen LogP contribution < -0.4 is 0 Å². The van der Waals surface area contributed by atoms with E-state index in [1.54, 1.807) is 6.20 Å². The average Bonchev–Trinajstić information content (AvgIpc) is 2.30. The van der Waals surface area contributed by atoms with Crippen LogP contribution in [0.4, 0.5) is 0 Å². The summed E-state index contributed by atoms with van der Waals surface area (Å²) in [5.41, 5.74) is 1.86. The highest BCUT2D eigenvalue weighted by atomic mass is 35.5. The molecule has 0 fully saturated rings. The summed E-state index contributed by atoms with van der Waals surface area (Å²) in [5.74, 6) is 1.14. The molecule has 0 saturated heterocycles. The van der Waals surface area contributed by atoms with Gasteiger partial charge in [0.1, 0.15) is 0 Å². The second-order valence-electron chi connectivity index (χ2n) is 2.87. The van der Waals surface area contributed by atoms with Crippen LogP contribution in [-0.2, 0) is 5.88 Å². The lowest BCUT2D eigenvalue weighted by Gasteiger charge is -2.00. The van der Waals surface area contributed by atoms with E-state index in [2.05, 4.69) is 9.97 Å². The van der Waals surface area contributed by atoms with Crippen LogP contribution in [0.15, 0.2) is 42.6 Å². The minimum absolute atomic E-state index is 0.419. The lowest BCUT2D eigenvalue weighted by Crippen LogP contribution is -1.91. The van der Waals surface area contributed by atoms with E-state index in [0.29, 0.717) is 5.88 Å². The van der Waals surface area contributed by atoms with Gasteiger partial charge in [-0.15, -0.1) is 11.6 Å². The van der Waals surface area contributed by atoms with Gasteiger partial charge < -0.3 is 0 Å². The predicted octanol–water partition coefficient (Wildman–Crippen LogP) is 2.88. The maximum atomic E-state index is 5.70. The monoisotopic (exact) mass is 204 g/mol. The molecule has 0 aliphatic carbocycles. The Hall–Kier alpha value is -1.41. The fraction of sp³-hybridized carbons (Fsp3) is 0.0909. The van der Waals surface area contributed by atoms with Crippen molar-refractivity contribution in [1.29, 1.82) is 0 Å². The summed E-state index contributed by atoms with van der Waals surface area (Å²) in [6, 6.07) is 11.7. The van der Waals surface area contributed by atoms with Crippen LogP contribution in [-0.4, -0.2) is 9.97 Å². The van der Waals surface area contributed by atoms with Gasteiger partial charge in [-0.3, -0.25) is 0 Å². The Morgan fingerprint density at radius 1 is 1.07 bits per heavy atom. The highest BCUT2D eigenvalue weighted by molar-refractivity contribution is 6.16. The van der Waals surface area contributed by atoms with E-state index in [-0.39, 0.29) is 0 Å². The van der Waals surface area contributed by atoms with Crippen molar-refractivity contribution in [2.75, 3.05) is 0 Å². The number of alkyl halides is 1. The Bertz CT molecular complexity index is 415. The number of benzene rings is 1. The van der Waals surface area contributed by atoms with Crippen molar-refractivity contribution in [1.82, 2.24) is 9.97 Å². The molecule has 0 amide bonds. The van der Waals surface area contributed by atoms with Crippen LogP contribution in [0.2, 0.25) is 0 Å². The minimum atomic E-state index is 0.419. The van der Waals surface area contributed by atoms with E-state index in [1.807, 2.05) is 36.4 Å². The predicted molar refractivity (Wildman–Crippen MR) is 57.0 cm³/mol. The smallest absolute Gasteiger partial charge is 0.159 e. The van der Waals surface area contributed by atoms with Crippen LogP contribution in [0.3, 0.4) is 0 Å². The summed E-state index contributed by atoms with van der Waals surface area (Å²) >= 11 is 5.70. The molecule has 1 heterocycles. The van der Waals surface area contributed by atoms with Crippen molar-refractivity contribution >= 4 is 11.6 Å². The molecule has 2 rings (SSSR count). The van der Waals surface area contributed by atoms with Gasteiger partial charge in [-0.2, -0.15) is 0 Å². The second kappa shape index (κ2) is 4.20. The Morgan fingerprint density at radius 2 is 1.86 bits per heavy atom. The number of aromatic nitrogens is 2. The number of hydrogen-bond donors (Lipinski definition) is 0. The van der Waals surface area contributed by atoms with Crippen LogP contribution >= 0.6 is 11.6 Å². The SMILES string of the molecule is ClCc1ccnc(-c2ccccc2)n1. The largest absolute Gasteiger partial charge is 0.237 e. The number of nitrogens with zero attached hydrogens (tertiary/aromatic N) is 2. The van der Waals surface area contributed by atoms with Crippen LogP contribution in [0.25, 0.3) is 11.4 Å². The van der Waals surface area contributed by atoms with Crippen LogP contribution in [0, 0.1) is 0 Å². The second-order valence-corrected chi connectivity index (χ2v) is 3.14. The Kier molecular flexibility index (Phi) is 2.75. The van der Waals surface area contributed by atoms with Gasteiger partial charge in [0.05, 0.1) is 11.6 Å². The van der Waals surface area contributed by atoms with E-state index in [0.717, 1.165) is 17.1 Å². The molecule has 3 heteroatoms. The first-order valence-electron chi connectivity index (χ1n) is 4.33. The zero-order valence-electron chi connectivity index (χ0n) is 7.52. The lowest BCUT2D eigenvalue weighted by atomic mass is 10.2. The number of hydrogen-bond acceptors (Lipinski definition) is 2. The first-order chi connectivity index (χ1) is 6.90. The van der Waals surface area contributed by atoms with E-state index < -0.39 is 0 Å². The number of rotatable bonds is 2. The van der Waals surface area contributed by atoms with Crippen LogP contribution in [0.5, 0.6) is 0 Å². The van der Waals surface area contributed by atoms with E-state index in [9.17, 15) is 0 Å². The molecule has 0 atom stereocenters. The fourth-order valence-electron chi connectivity index (χ4n) is 1.20. The van der Waals surface area contributed by atoms with Crippen molar-refractivity contribution in [3.8, 4) is 11.4 Å². The van der Waals surface area contributed by atoms with E-state index in [1.165, 1.54) is 0 Å². The third kappa shape index (κ3) is 1.91. The average molecular weight is 205 g/mol. The number of halogens is 1. The zero-order valence-corrected chi connectivity index (χ0v) is 8.28. The summed E-state index contributed by atoms with van der Waals surface area (Å²) in [7, 11) is 0. The normalized spacial score (nSPS) is 10.1. The quantitative estimate of drug-likeness (QED) is 0.703. The molecule has 0 aliphatic rings. The molecule has 1 aromatic carbocycles. The van der Waals surface area contributed by atoms with Gasteiger partial charge in [-0.25, -0.2) is 9.97 Å². The zero-order chi connectivity index (χ0) is 9.80. The Morgan fingerprint density at radius 3 is 2.57 bits per heavy atom. The molecule has 14 heavy (non-hydrogen) atoms. The summed E-state index contributed by atoms with van der Waals surface area (Å²) in [6.07, 6.45) is 1.73. The Balaban J connectivity index is 2.42. The molecular formula is C11H9ClN2. The fourth-order valence-corrected chi connectivity index (χ4v) is 1.35. The van der Waals surface area contributed by atoms with Gasteiger partial charge in [0.15, 0.2) is 5.82 Å². The topological polar surface area (TPSA) is 25.8 Å². The van der Waals surface area contributed by atoms with E-state index in [4.69, 9.17) is 11.6 Å². The molecule has 0 unspecified atom stereocenters. The molecular weight excluding hydrogens is 196 g/mol. The molecule has 0 spiro atoms. The maximum absolute atomic E-state index is 5.70. The van der Waals surface area contributed by atoms with Gasteiger partial charge in [-0.05, 0) is 6.07 Å². The highest BCUT2D eigenvalue weighted by Crippen LogP contribution is 2.13. The highest BCUT2D eigenvalue weighted by Gasteiger charge is 2.00. The van der Waals surface area contributed by atoms with Crippen molar-refractivity contribution in [3.63, 3.8) is 0 Å². The minimum Gasteiger partial charge on any atom is -0.237 e. The third-order valence-electron chi connectivity index (χ3n) is 1.88. The van der Waals surface area contributed by atoms with Gasteiger partial charge in [0, 0.05) is 11.8 Å². The summed E-state index contributed by atoms with van der Waals surface area (Å²) in [4.78, 5) is 8.51. The third-order valence-corrected chi connectivity index (χ3v) is 2.16. The van der Waals surface area contributed by atoms with Crippen molar-refractivity contribution in [3.05, 3.63) is 48.3 Å². The molecule has 0 N–H and O–H groups in total. The van der Waals surface area contributed by atoms with Crippen LogP contribution in [0.1, 0.15) is 5.69 Å². The Labute approximate surface area is 87.6 Å². The van der Waals surface area contributed by atoms with Crippen molar-refractivity contribution < 1.29 is 0 Å². The first-order valence-corrected chi connectivity index (χ1v) is 4.87. The van der Waals surface area contributed by atoms with Crippen molar-refractivity contribution in [2.45, 2.75) is 5.88 Å². The van der Waals surface area contributed by atoms with Gasteiger partial charge in [-0.1, -0.05) is 30.3 Å². The van der Waals surface area contributed by atoms with Crippen molar-refractivity contribution in [2.24, 2.45) is 0 Å². The molecule has 0 bridgehead atoms. The van der Waals surface area contributed by atoms with Gasteiger partial charge in [0.2, 0.25) is 0 Å². The molecule has 0 saturated carbocycles. The molecule has 0 radical (unpaired) electrons. The van der Waals surface area contributed by atoms with Gasteiger partial charge in [0.25, 0.3) is 0 Å². The molecule has 2 nitrogen and oxygen atoms in total.